The number of hydrogen-bond donors (Lipinski definition) is 2. The molecule has 5 nitrogen and oxygen atoms in total. The van der Waals surface area contributed by atoms with Gasteiger partial charge in [0.05, 0.1) is 6.61 Å². The second-order valence-electron chi connectivity index (χ2n) is 3.75. The molecule has 0 rings (SSSR count). The third kappa shape index (κ3) is 8.80. The zero-order valence-electron chi connectivity index (χ0n) is 9.74. The molecule has 0 aliphatic heterocycles. The first-order valence-corrected chi connectivity index (χ1v) is 5.43. The van der Waals surface area contributed by atoms with Gasteiger partial charge in [-0.15, -0.1) is 0 Å². The van der Waals surface area contributed by atoms with Crippen LogP contribution >= 0.6 is 0 Å². The highest BCUT2D eigenvalue weighted by Gasteiger charge is 2.32. The third-order valence-electron chi connectivity index (χ3n) is 2.12. The highest BCUT2D eigenvalue weighted by Crippen LogP contribution is 2.17. The van der Waals surface area contributed by atoms with Crippen LogP contribution < -0.4 is 0 Å². The van der Waals surface area contributed by atoms with Gasteiger partial charge in [0.15, 0.2) is 0 Å². The molecule has 2 N–H and O–H groups in total. The summed E-state index contributed by atoms with van der Waals surface area (Å²) in [6.45, 7) is -2.32. The number of amides is 1. The van der Waals surface area contributed by atoms with Gasteiger partial charge in [-0.25, -0.2) is 0 Å². The summed E-state index contributed by atoms with van der Waals surface area (Å²) in [7, 11) is 0. The van der Waals surface area contributed by atoms with Crippen molar-refractivity contribution in [3.05, 3.63) is 0 Å². The second-order valence-corrected chi connectivity index (χ2v) is 3.75. The minimum absolute atomic E-state index is 0.119. The SMILES string of the molecule is O=C(O)CCCCC(=O)N(CCO)CC(F)(F)F. The largest absolute Gasteiger partial charge is 0.481 e. The van der Waals surface area contributed by atoms with Gasteiger partial charge in [-0.1, -0.05) is 0 Å². The van der Waals surface area contributed by atoms with Crippen molar-refractivity contribution in [1.82, 2.24) is 4.90 Å². The Hall–Kier alpha value is -1.31. The Balaban J connectivity index is 4.10. The van der Waals surface area contributed by atoms with Crippen LogP contribution in [0.25, 0.3) is 0 Å². The van der Waals surface area contributed by atoms with E-state index >= 15 is 0 Å². The Bertz CT molecular complexity index is 281. The minimum Gasteiger partial charge on any atom is -0.481 e. The molecule has 0 unspecified atom stereocenters. The lowest BCUT2D eigenvalue weighted by atomic mass is 10.2. The quantitative estimate of drug-likeness (QED) is 0.646. The monoisotopic (exact) mass is 271 g/mol. The molecular formula is C10H16F3NO4. The molecule has 18 heavy (non-hydrogen) atoms. The fraction of sp³-hybridized carbons (Fsp3) is 0.800. The van der Waals surface area contributed by atoms with E-state index in [0.717, 1.165) is 0 Å². The summed E-state index contributed by atoms with van der Waals surface area (Å²) in [5, 5.41) is 16.9. The molecular weight excluding hydrogens is 255 g/mol. The standard InChI is InChI=1S/C10H16F3NO4/c11-10(12,13)7-14(5-6-15)8(16)3-1-2-4-9(17)18/h15H,1-7H2,(H,17,18). The molecule has 0 saturated heterocycles. The molecule has 0 radical (unpaired) electrons. The lowest BCUT2D eigenvalue weighted by Gasteiger charge is -2.23. The number of aliphatic carboxylic acids is 1. The molecule has 0 spiro atoms. The van der Waals surface area contributed by atoms with Crippen molar-refractivity contribution in [3.63, 3.8) is 0 Å². The van der Waals surface area contributed by atoms with Crippen LogP contribution in [-0.2, 0) is 9.59 Å². The molecule has 8 heteroatoms. The van der Waals surface area contributed by atoms with E-state index in [1.165, 1.54) is 0 Å². The number of aliphatic hydroxyl groups is 1. The van der Waals surface area contributed by atoms with Crippen molar-refractivity contribution < 1.29 is 33.0 Å². The molecule has 0 aliphatic carbocycles. The number of unbranched alkanes of at least 4 members (excludes halogenated alkanes) is 1. The fourth-order valence-electron chi connectivity index (χ4n) is 1.34. The number of halogens is 3. The maximum atomic E-state index is 12.1. The van der Waals surface area contributed by atoms with E-state index in [0.29, 0.717) is 4.90 Å². The number of hydrogen-bond acceptors (Lipinski definition) is 3. The number of carbonyl (C=O) groups excluding carboxylic acids is 1. The number of aliphatic hydroxyl groups excluding tert-OH is 1. The van der Waals surface area contributed by atoms with Crippen molar-refractivity contribution in [2.45, 2.75) is 31.9 Å². The summed E-state index contributed by atoms with van der Waals surface area (Å²) in [5.41, 5.74) is 0. The van der Waals surface area contributed by atoms with Crippen molar-refractivity contribution in [2.75, 3.05) is 19.7 Å². The molecule has 0 saturated carbocycles. The summed E-state index contributed by atoms with van der Waals surface area (Å²) >= 11 is 0. The first-order chi connectivity index (χ1) is 8.26. The number of alkyl halides is 3. The second kappa shape index (κ2) is 7.91. The Morgan fingerprint density at radius 3 is 2.11 bits per heavy atom. The normalized spacial score (nSPS) is 11.3. The van der Waals surface area contributed by atoms with Gasteiger partial charge in [0, 0.05) is 19.4 Å². The van der Waals surface area contributed by atoms with Gasteiger partial charge < -0.3 is 15.1 Å². The van der Waals surface area contributed by atoms with E-state index in [2.05, 4.69) is 0 Å². The summed E-state index contributed by atoms with van der Waals surface area (Å²) in [4.78, 5) is 22.1. The maximum absolute atomic E-state index is 12.1. The summed E-state index contributed by atoms with van der Waals surface area (Å²) in [6, 6.07) is 0. The lowest BCUT2D eigenvalue weighted by Crippen LogP contribution is -2.40. The van der Waals surface area contributed by atoms with Crippen LogP contribution in [0.4, 0.5) is 13.2 Å². The molecule has 0 aromatic carbocycles. The van der Waals surface area contributed by atoms with Gasteiger partial charge in [-0.05, 0) is 12.8 Å². The van der Waals surface area contributed by atoms with Gasteiger partial charge in [0.1, 0.15) is 6.54 Å². The Labute approximate surface area is 102 Å². The zero-order valence-corrected chi connectivity index (χ0v) is 9.74. The van der Waals surface area contributed by atoms with E-state index < -0.39 is 31.2 Å². The highest BCUT2D eigenvalue weighted by molar-refractivity contribution is 5.76. The van der Waals surface area contributed by atoms with Crippen LogP contribution in [0.5, 0.6) is 0 Å². The van der Waals surface area contributed by atoms with E-state index in [-0.39, 0.29) is 32.2 Å². The van der Waals surface area contributed by atoms with Gasteiger partial charge >= 0.3 is 12.1 Å². The van der Waals surface area contributed by atoms with Crippen LogP contribution in [0.15, 0.2) is 0 Å². The third-order valence-corrected chi connectivity index (χ3v) is 2.12. The number of carboxylic acids is 1. The summed E-state index contributed by atoms with van der Waals surface area (Å²) < 4.78 is 36.4. The molecule has 0 fully saturated rings. The maximum Gasteiger partial charge on any atom is 0.406 e. The molecule has 1 amide bonds. The van der Waals surface area contributed by atoms with Gasteiger partial charge in [-0.2, -0.15) is 13.2 Å². The molecule has 0 aliphatic rings. The van der Waals surface area contributed by atoms with E-state index in [4.69, 9.17) is 10.2 Å². The van der Waals surface area contributed by atoms with Crippen LogP contribution in [-0.4, -0.2) is 52.9 Å². The lowest BCUT2D eigenvalue weighted by molar-refractivity contribution is -0.162. The molecule has 0 aromatic heterocycles. The molecule has 106 valence electrons. The van der Waals surface area contributed by atoms with Crippen LogP contribution in [0.3, 0.4) is 0 Å². The Morgan fingerprint density at radius 2 is 1.67 bits per heavy atom. The topological polar surface area (TPSA) is 77.8 Å². The molecule has 0 atom stereocenters. The first-order valence-electron chi connectivity index (χ1n) is 5.43. The predicted octanol–water partition coefficient (Wildman–Crippen LogP) is 1.01. The first kappa shape index (κ1) is 16.7. The van der Waals surface area contributed by atoms with Gasteiger partial charge in [0.25, 0.3) is 0 Å². The number of rotatable bonds is 8. The summed E-state index contributed by atoms with van der Waals surface area (Å²) in [5.74, 6) is -1.74. The van der Waals surface area contributed by atoms with Gasteiger partial charge in [-0.3, -0.25) is 9.59 Å². The highest BCUT2D eigenvalue weighted by atomic mass is 19.4. The number of nitrogens with zero attached hydrogens (tertiary/aromatic N) is 1. The summed E-state index contributed by atoms with van der Waals surface area (Å²) in [6.07, 6.45) is -4.33. The van der Waals surface area contributed by atoms with Gasteiger partial charge in [0.2, 0.25) is 5.91 Å². The van der Waals surface area contributed by atoms with Crippen LogP contribution in [0.2, 0.25) is 0 Å². The zero-order chi connectivity index (χ0) is 14.2. The van der Waals surface area contributed by atoms with E-state index in [9.17, 15) is 22.8 Å². The average molecular weight is 271 g/mol. The van der Waals surface area contributed by atoms with Crippen molar-refractivity contribution in [1.29, 1.82) is 0 Å². The van der Waals surface area contributed by atoms with Crippen LogP contribution in [0, 0.1) is 0 Å². The van der Waals surface area contributed by atoms with Crippen molar-refractivity contribution in [2.24, 2.45) is 0 Å². The van der Waals surface area contributed by atoms with Crippen molar-refractivity contribution in [3.8, 4) is 0 Å². The van der Waals surface area contributed by atoms with E-state index in [1.807, 2.05) is 0 Å². The van der Waals surface area contributed by atoms with Crippen LogP contribution in [0.1, 0.15) is 25.7 Å². The fourth-order valence-corrected chi connectivity index (χ4v) is 1.34. The molecule has 0 heterocycles. The number of carboxylic acid groups (broad SMARTS) is 1. The van der Waals surface area contributed by atoms with Crippen molar-refractivity contribution >= 4 is 11.9 Å². The van der Waals surface area contributed by atoms with E-state index in [1.54, 1.807) is 0 Å². The Kier molecular flexibility index (Phi) is 7.33. The predicted molar refractivity (Wildman–Crippen MR) is 55.8 cm³/mol. The number of carbonyl (C=O) groups is 2. The average Bonchev–Trinajstić information content (AvgIpc) is 2.21. The minimum atomic E-state index is -4.51. The molecule has 0 aromatic rings. The Morgan fingerprint density at radius 1 is 1.11 bits per heavy atom. The molecule has 0 bridgehead atoms. The smallest absolute Gasteiger partial charge is 0.406 e.